The lowest BCUT2D eigenvalue weighted by molar-refractivity contribution is 0.351. The Bertz CT molecular complexity index is 768. The predicted molar refractivity (Wildman–Crippen MR) is 83.9 cm³/mol. The van der Waals surface area contributed by atoms with Crippen molar-refractivity contribution in [1.29, 1.82) is 0 Å². The molecule has 3 aromatic rings. The van der Waals surface area contributed by atoms with Crippen molar-refractivity contribution in [3.05, 3.63) is 41.0 Å². The van der Waals surface area contributed by atoms with Gasteiger partial charge in [-0.2, -0.15) is 9.78 Å². The highest BCUT2D eigenvalue weighted by Gasteiger charge is 2.12. The molecule has 1 unspecified atom stereocenters. The first-order chi connectivity index (χ1) is 11.1. The van der Waals surface area contributed by atoms with E-state index >= 15 is 0 Å². The van der Waals surface area contributed by atoms with Crippen LogP contribution in [0.2, 0.25) is 5.02 Å². The number of aromatic nitrogens is 6. The lowest BCUT2D eigenvalue weighted by Gasteiger charge is -2.04. The summed E-state index contributed by atoms with van der Waals surface area (Å²) in [4.78, 5) is 5.74. The van der Waals surface area contributed by atoms with Crippen molar-refractivity contribution in [2.75, 3.05) is 7.05 Å². The number of likely N-dealkylation sites (N-methyl/N-ethyl adjacent to an activating group) is 1. The molecule has 3 rings (SSSR count). The molecule has 2 aromatic heterocycles. The number of nitrogens with zero attached hydrogens (tertiary/aromatic N) is 6. The fourth-order valence-electron chi connectivity index (χ4n) is 1.96. The summed E-state index contributed by atoms with van der Waals surface area (Å²) in [7, 11) is 1.89. The fraction of sp³-hybridized carbons (Fsp3) is 0.357. The molecule has 23 heavy (non-hydrogen) atoms. The van der Waals surface area contributed by atoms with E-state index in [9.17, 15) is 0 Å². The van der Waals surface area contributed by atoms with Crippen LogP contribution >= 0.6 is 11.6 Å². The maximum absolute atomic E-state index is 5.87. The lowest BCUT2D eigenvalue weighted by Crippen LogP contribution is -2.24. The van der Waals surface area contributed by atoms with Gasteiger partial charge in [-0.15, -0.1) is 10.2 Å². The van der Waals surface area contributed by atoms with Gasteiger partial charge in [0.2, 0.25) is 11.7 Å². The van der Waals surface area contributed by atoms with Crippen molar-refractivity contribution in [3.8, 4) is 11.4 Å². The van der Waals surface area contributed by atoms with Gasteiger partial charge in [-0.25, -0.2) is 0 Å². The Morgan fingerprint density at radius 1 is 1.30 bits per heavy atom. The van der Waals surface area contributed by atoms with E-state index in [-0.39, 0.29) is 12.6 Å². The molecular weight excluding hydrogens is 318 g/mol. The zero-order valence-electron chi connectivity index (χ0n) is 12.8. The third kappa shape index (κ3) is 3.91. The van der Waals surface area contributed by atoms with Gasteiger partial charge in [0.25, 0.3) is 0 Å². The second-order valence-electron chi connectivity index (χ2n) is 5.15. The van der Waals surface area contributed by atoms with Gasteiger partial charge in [0.05, 0.1) is 0 Å². The summed E-state index contributed by atoms with van der Waals surface area (Å²) < 4.78 is 5.21. The molecule has 1 N–H and O–H groups in total. The molecule has 0 amide bonds. The number of nitrogens with one attached hydrogen (secondary N) is 1. The number of hydrogen-bond acceptors (Lipinski definition) is 7. The number of tetrazole rings is 1. The van der Waals surface area contributed by atoms with E-state index in [4.69, 9.17) is 16.1 Å². The van der Waals surface area contributed by atoms with Crippen LogP contribution in [0.1, 0.15) is 18.6 Å². The molecular formula is C14H16ClN7O. The Morgan fingerprint density at radius 2 is 2.09 bits per heavy atom. The predicted octanol–water partition coefficient (Wildman–Crippen LogP) is 1.58. The number of benzene rings is 1. The molecule has 0 aliphatic rings. The summed E-state index contributed by atoms with van der Waals surface area (Å²) in [5, 5.41) is 20.1. The summed E-state index contributed by atoms with van der Waals surface area (Å²) in [6.07, 6.45) is 0.695. The van der Waals surface area contributed by atoms with Crippen LogP contribution in [0.25, 0.3) is 11.4 Å². The van der Waals surface area contributed by atoms with Crippen LogP contribution in [0.3, 0.4) is 0 Å². The van der Waals surface area contributed by atoms with Crippen LogP contribution < -0.4 is 5.32 Å². The van der Waals surface area contributed by atoms with Gasteiger partial charge >= 0.3 is 0 Å². The quantitative estimate of drug-likeness (QED) is 0.731. The van der Waals surface area contributed by atoms with E-state index in [1.807, 2.05) is 26.1 Å². The summed E-state index contributed by atoms with van der Waals surface area (Å²) in [5.74, 6) is 1.62. The molecule has 0 saturated heterocycles. The lowest BCUT2D eigenvalue weighted by atomic mass is 10.2. The van der Waals surface area contributed by atoms with Gasteiger partial charge in [0.15, 0.2) is 5.82 Å². The van der Waals surface area contributed by atoms with Gasteiger partial charge in [0, 0.05) is 23.0 Å². The molecule has 120 valence electrons. The maximum atomic E-state index is 5.87. The first kappa shape index (κ1) is 15.6. The number of halogens is 1. The highest BCUT2D eigenvalue weighted by molar-refractivity contribution is 6.30. The molecule has 0 aliphatic carbocycles. The van der Waals surface area contributed by atoms with E-state index in [0.717, 1.165) is 5.56 Å². The topological polar surface area (TPSA) is 94.6 Å². The SMILES string of the molecule is CNC(C)Cc1noc(Cn2nnc(-c3ccc(Cl)cc3)n2)n1. The van der Waals surface area contributed by atoms with Gasteiger partial charge in [-0.05, 0) is 43.5 Å². The maximum Gasteiger partial charge on any atom is 0.250 e. The van der Waals surface area contributed by atoms with E-state index in [1.54, 1.807) is 12.1 Å². The van der Waals surface area contributed by atoms with Gasteiger partial charge in [0.1, 0.15) is 6.54 Å². The smallest absolute Gasteiger partial charge is 0.250 e. The zero-order valence-corrected chi connectivity index (χ0v) is 13.5. The van der Waals surface area contributed by atoms with Crippen LogP contribution in [-0.2, 0) is 13.0 Å². The van der Waals surface area contributed by atoms with E-state index in [1.165, 1.54) is 4.80 Å². The molecule has 8 nitrogen and oxygen atoms in total. The first-order valence-electron chi connectivity index (χ1n) is 7.16. The standard InChI is InChI=1S/C14H16ClN7O/c1-9(16-2)7-12-17-13(23-20-12)8-22-19-14(18-21-22)10-3-5-11(15)6-4-10/h3-6,9,16H,7-8H2,1-2H3. The average molecular weight is 334 g/mol. The second kappa shape index (κ2) is 6.84. The summed E-state index contributed by atoms with van der Waals surface area (Å²) in [5.41, 5.74) is 0.842. The molecule has 0 bridgehead atoms. The zero-order chi connectivity index (χ0) is 16.2. The third-order valence-electron chi connectivity index (χ3n) is 3.32. The van der Waals surface area contributed by atoms with Crippen LogP contribution in [0.4, 0.5) is 0 Å². The summed E-state index contributed by atoms with van der Waals surface area (Å²) in [6.45, 7) is 2.33. The Balaban J connectivity index is 1.68. The minimum atomic E-state index is 0.279. The molecule has 0 fully saturated rings. The van der Waals surface area contributed by atoms with Crippen LogP contribution in [0.15, 0.2) is 28.8 Å². The molecule has 0 saturated carbocycles. The van der Waals surface area contributed by atoms with Gasteiger partial charge in [-0.3, -0.25) is 0 Å². The molecule has 0 radical (unpaired) electrons. The molecule has 0 spiro atoms. The normalized spacial score (nSPS) is 12.5. The van der Waals surface area contributed by atoms with Crippen molar-refractivity contribution in [2.24, 2.45) is 0 Å². The largest absolute Gasteiger partial charge is 0.337 e. The molecule has 9 heteroatoms. The van der Waals surface area contributed by atoms with Gasteiger partial charge in [-0.1, -0.05) is 16.8 Å². The molecule has 2 heterocycles. The number of hydrogen-bond donors (Lipinski definition) is 1. The van der Waals surface area contributed by atoms with E-state index < -0.39 is 0 Å². The third-order valence-corrected chi connectivity index (χ3v) is 3.58. The van der Waals surface area contributed by atoms with Crippen molar-refractivity contribution in [2.45, 2.75) is 25.9 Å². The Labute approximate surface area is 137 Å². The summed E-state index contributed by atoms with van der Waals surface area (Å²) >= 11 is 5.87. The van der Waals surface area contributed by atoms with Gasteiger partial charge < -0.3 is 9.84 Å². The molecule has 0 aliphatic heterocycles. The highest BCUT2D eigenvalue weighted by Crippen LogP contribution is 2.17. The molecule has 1 atom stereocenters. The Kier molecular flexibility index (Phi) is 4.63. The highest BCUT2D eigenvalue weighted by atomic mass is 35.5. The Hall–Kier alpha value is -2.32. The second-order valence-corrected chi connectivity index (χ2v) is 5.58. The molecule has 1 aromatic carbocycles. The number of rotatable bonds is 6. The van der Waals surface area contributed by atoms with Crippen LogP contribution in [0, 0.1) is 0 Å². The van der Waals surface area contributed by atoms with E-state index in [2.05, 4.69) is 30.9 Å². The first-order valence-corrected chi connectivity index (χ1v) is 7.54. The minimum absolute atomic E-state index is 0.279. The average Bonchev–Trinajstić information content (AvgIpc) is 3.18. The Morgan fingerprint density at radius 3 is 2.83 bits per heavy atom. The summed E-state index contributed by atoms with van der Waals surface area (Å²) in [6, 6.07) is 7.53. The minimum Gasteiger partial charge on any atom is -0.337 e. The van der Waals surface area contributed by atoms with Crippen molar-refractivity contribution in [3.63, 3.8) is 0 Å². The van der Waals surface area contributed by atoms with Crippen molar-refractivity contribution in [1.82, 2.24) is 35.7 Å². The van der Waals surface area contributed by atoms with Crippen LogP contribution in [-0.4, -0.2) is 43.4 Å². The monoisotopic (exact) mass is 333 g/mol. The van der Waals surface area contributed by atoms with Crippen molar-refractivity contribution < 1.29 is 4.52 Å². The fourth-order valence-corrected chi connectivity index (χ4v) is 2.08. The van der Waals surface area contributed by atoms with Crippen molar-refractivity contribution >= 4 is 11.6 Å². The van der Waals surface area contributed by atoms with E-state index in [0.29, 0.717) is 29.0 Å². The van der Waals surface area contributed by atoms with Crippen LogP contribution in [0.5, 0.6) is 0 Å².